The molecule has 0 amide bonds. The Labute approximate surface area is 110 Å². The van der Waals surface area contributed by atoms with Crippen molar-refractivity contribution in [1.29, 1.82) is 0 Å². The number of ether oxygens (including phenoxy) is 2. The number of rotatable bonds is 4. The third-order valence-electron chi connectivity index (χ3n) is 3.80. The van der Waals surface area contributed by atoms with E-state index in [-0.39, 0.29) is 11.5 Å². The molecule has 0 bridgehead atoms. The van der Waals surface area contributed by atoms with Gasteiger partial charge in [-0.2, -0.15) is 0 Å². The van der Waals surface area contributed by atoms with E-state index in [4.69, 9.17) is 9.47 Å². The van der Waals surface area contributed by atoms with Crippen LogP contribution in [-0.4, -0.2) is 18.5 Å². The maximum absolute atomic E-state index is 6.03. The molecule has 100 valence electrons. The average molecular weight is 248 g/mol. The van der Waals surface area contributed by atoms with Gasteiger partial charge in [-0.1, -0.05) is 51.1 Å². The summed E-state index contributed by atoms with van der Waals surface area (Å²) in [7, 11) is 0. The summed E-state index contributed by atoms with van der Waals surface area (Å²) >= 11 is 0. The van der Waals surface area contributed by atoms with E-state index in [2.05, 4.69) is 58.0 Å². The molecule has 1 aromatic rings. The lowest BCUT2D eigenvalue weighted by Gasteiger charge is -2.36. The van der Waals surface area contributed by atoms with Crippen LogP contribution in [0.5, 0.6) is 0 Å². The van der Waals surface area contributed by atoms with E-state index < -0.39 is 5.79 Å². The van der Waals surface area contributed by atoms with Crippen molar-refractivity contribution in [1.82, 2.24) is 0 Å². The fourth-order valence-electron chi connectivity index (χ4n) is 2.77. The second-order valence-electron chi connectivity index (χ2n) is 5.93. The van der Waals surface area contributed by atoms with Crippen LogP contribution < -0.4 is 0 Å². The van der Waals surface area contributed by atoms with Gasteiger partial charge in [0.1, 0.15) is 0 Å². The molecule has 1 heterocycles. The zero-order chi connectivity index (χ0) is 13.2. The van der Waals surface area contributed by atoms with E-state index in [1.807, 2.05) is 0 Å². The molecule has 0 spiro atoms. The summed E-state index contributed by atoms with van der Waals surface area (Å²) in [6, 6.07) is 10.6. The highest BCUT2D eigenvalue weighted by Gasteiger charge is 2.43. The molecule has 0 radical (unpaired) electrons. The minimum absolute atomic E-state index is 0.0569. The van der Waals surface area contributed by atoms with Gasteiger partial charge in [-0.15, -0.1) is 0 Å². The predicted molar refractivity (Wildman–Crippen MR) is 73.6 cm³/mol. The first-order valence-corrected chi connectivity index (χ1v) is 6.85. The minimum atomic E-state index is -0.404. The van der Waals surface area contributed by atoms with E-state index in [0.717, 1.165) is 12.8 Å². The van der Waals surface area contributed by atoms with E-state index in [9.17, 15) is 0 Å². The van der Waals surface area contributed by atoms with Gasteiger partial charge in [0.15, 0.2) is 5.79 Å². The molecule has 0 aromatic heterocycles. The van der Waals surface area contributed by atoms with Crippen molar-refractivity contribution < 1.29 is 9.47 Å². The second kappa shape index (κ2) is 5.02. The van der Waals surface area contributed by atoms with Crippen molar-refractivity contribution in [2.24, 2.45) is 0 Å². The second-order valence-corrected chi connectivity index (χ2v) is 5.93. The van der Waals surface area contributed by atoms with E-state index in [1.54, 1.807) is 0 Å². The Hall–Kier alpha value is -0.860. The highest BCUT2D eigenvalue weighted by molar-refractivity contribution is 5.24. The zero-order valence-electron chi connectivity index (χ0n) is 11.9. The summed E-state index contributed by atoms with van der Waals surface area (Å²) in [5.41, 5.74) is 1.39. The lowest BCUT2D eigenvalue weighted by Crippen LogP contribution is -2.37. The Morgan fingerprint density at radius 3 is 2.44 bits per heavy atom. The van der Waals surface area contributed by atoms with Gasteiger partial charge < -0.3 is 9.47 Å². The summed E-state index contributed by atoms with van der Waals surface area (Å²) in [6.07, 6.45) is 2.00. The van der Waals surface area contributed by atoms with Crippen molar-refractivity contribution in [3.05, 3.63) is 35.9 Å². The Kier molecular flexibility index (Phi) is 3.79. The molecule has 2 nitrogen and oxygen atoms in total. The molecule has 2 heteroatoms. The average Bonchev–Trinajstić information content (AvgIpc) is 2.72. The van der Waals surface area contributed by atoms with Crippen LogP contribution in [0.2, 0.25) is 0 Å². The minimum Gasteiger partial charge on any atom is -0.347 e. The van der Waals surface area contributed by atoms with Gasteiger partial charge >= 0.3 is 0 Å². The maximum Gasteiger partial charge on any atom is 0.169 e. The molecule has 18 heavy (non-hydrogen) atoms. The van der Waals surface area contributed by atoms with E-state index >= 15 is 0 Å². The quantitative estimate of drug-likeness (QED) is 0.804. The molecule has 1 fully saturated rings. The Balaban J connectivity index is 2.17. The molecule has 0 unspecified atom stereocenters. The highest BCUT2D eigenvalue weighted by Crippen LogP contribution is 2.39. The number of hydrogen-bond acceptors (Lipinski definition) is 2. The largest absolute Gasteiger partial charge is 0.347 e. The third kappa shape index (κ3) is 2.76. The van der Waals surface area contributed by atoms with Crippen molar-refractivity contribution in [2.45, 2.75) is 57.8 Å². The summed E-state index contributed by atoms with van der Waals surface area (Å²) < 4.78 is 12.0. The van der Waals surface area contributed by atoms with Crippen LogP contribution in [0, 0.1) is 0 Å². The molecule has 1 saturated heterocycles. The van der Waals surface area contributed by atoms with Gasteiger partial charge in [0.25, 0.3) is 0 Å². The van der Waals surface area contributed by atoms with Crippen molar-refractivity contribution >= 4 is 0 Å². The Bertz CT molecular complexity index is 385. The van der Waals surface area contributed by atoms with Gasteiger partial charge in [0, 0.05) is 6.42 Å². The van der Waals surface area contributed by atoms with Crippen molar-refractivity contribution in [3.63, 3.8) is 0 Å². The van der Waals surface area contributed by atoms with Gasteiger partial charge in [0.05, 0.1) is 12.7 Å². The first kappa shape index (κ1) is 13.6. The smallest absolute Gasteiger partial charge is 0.169 e. The van der Waals surface area contributed by atoms with E-state index in [1.165, 1.54) is 5.56 Å². The van der Waals surface area contributed by atoms with Gasteiger partial charge in [-0.25, -0.2) is 0 Å². The van der Waals surface area contributed by atoms with E-state index in [0.29, 0.717) is 6.61 Å². The normalized spacial score (nSPS) is 28.6. The molecule has 0 aliphatic carbocycles. The summed E-state index contributed by atoms with van der Waals surface area (Å²) in [5, 5.41) is 0. The monoisotopic (exact) mass is 248 g/mol. The lowest BCUT2D eigenvalue weighted by molar-refractivity contribution is -0.181. The molecule has 1 aliphatic rings. The fraction of sp³-hybridized carbons (Fsp3) is 0.625. The van der Waals surface area contributed by atoms with Gasteiger partial charge in [-0.3, -0.25) is 0 Å². The summed E-state index contributed by atoms with van der Waals surface area (Å²) in [4.78, 5) is 0. The Morgan fingerprint density at radius 1 is 1.28 bits per heavy atom. The molecule has 2 atom stereocenters. The molecule has 0 N–H and O–H groups in total. The predicted octanol–water partition coefficient (Wildman–Crippen LogP) is 3.90. The lowest BCUT2D eigenvalue weighted by atomic mass is 9.78. The van der Waals surface area contributed by atoms with Gasteiger partial charge in [0.2, 0.25) is 0 Å². The summed E-state index contributed by atoms with van der Waals surface area (Å²) in [6.45, 7) is 9.44. The standard InChI is InChI=1S/C16H24O2/c1-5-16(17-11-13(2)18-16)12-15(3,4)14-9-7-6-8-10-14/h6-10,13H,5,11-12H2,1-4H3/t13-,16+/m0/s1. The van der Waals surface area contributed by atoms with Crippen LogP contribution in [0.1, 0.15) is 46.1 Å². The number of hydrogen-bond donors (Lipinski definition) is 0. The molecular weight excluding hydrogens is 224 g/mol. The topological polar surface area (TPSA) is 18.5 Å². The van der Waals surface area contributed by atoms with Crippen molar-refractivity contribution in [3.8, 4) is 0 Å². The number of benzene rings is 1. The van der Waals surface area contributed by atoms with Crippen molar-refractivity contribution in [2.75, 3.05) is 6.61 Å². The first-order valence-electron chi connectivity index (χ1n) is 6.85. The highest BCUT2D eigenvalue weighted by atomic mass is 16.7. The maximum atomic E-state index is 6.03. The van der Waals surface area contributed by atoms with Crippen LogP contribution in [0.3, 0.4) is 0 Å². The third-order valence-corrected chi connectivity index (χ3v) is 3.80. The van der Waals surface area contributed by atoms with Gasteiger partial charge in [-0.05, 0) is 24.3 Å². The SMILES string of the molecule is CC[C@@]1(CC(C)(C)c2ccccc2)OC[C@H](C)O1. The zero-order valence-corrected chi connectivity index (χ0v) is 11.9. The fourth-order valence-corrected chi connectivity index (χ4v) is 2.77. The first-order chi connectivity index (χ1) is 8.47. The molecule has 0 saturated carbocycles. The van der Waals surface area contributed by atoms with Crippen LogP contribution >= 0.6 is 0 Å². The molecular formula is C16H24O2. The summed E-state index contributed by atoms with van der Waals surface area (Å²) in [5.74, 6) is -0.404. The molecule has 2 rings (SSSR count). The van der Waals surface area contributed by atoms with Crippen LogP contribution in [0.15, 0.2) is 30.3 Å². The van der Waals surface area contributed by atoms with Crippen LogP contribution in [0.25, 0.3) is 0 Å². The van der Waals surface area contributed by atoms with Crippen LogP contribution in [0.4, 0.5) is 0 Å². The van der Waals surface area contributed by atoms with Crippen LogP contribution in [-0.2, 0) is 14.9 Å². The molecule has 1 aliphatic heterocycles. The molecule has 1 aromatic carbocycles. The Morgan fingerprint density at radius 2 is 1.94 bits per heavy atom.